The average Bonchev–Trinajstić information content (AvgIpc) is 2.72. The van der Waals surface area contributed by atoms with Crippen molar-refractivity contribution >= 4 is 5.91 Å². The van der Waals surface area contributed by atoms with E-state index in [1.807, 2.05) is 54.8 Å². The van der Waals surface area contributed by atoms with Gasteiger partial charge in [-0.2, -0.15) is 0 Å². The third-order valence-corrected chi connectivity index (χ3v) is 3.09. The number of aromatic nitrogens is 1. The normalized spacial score (nSPS) is 10.5. The highest BCUT2D eigenvalue weighted by atomic mass is 16.3. The molecule has 0 unspecified atom stereocenters. The molecule has 2 aromatic rings. The van der Waals surface area contributed by atoms with Crippen molar-refractivity contribution in [2.75, 3.05) is 13.2 Å². The zero-order chi connectivity index (χ0) is 13.8. The molecule has 19 heavy (non-hydrogen) atoms. The number of aryl methyl sites for hydroxylation is 1. The maximum Gasteiger partial charge on any atom is 0.253 e. The molecule has 0 spiro atoms. The molecule has 1 aromatic carbocycles. The van der Waals surface area contributed by atoms with Crippen LogP contribution in [0, 0.1) is 13.8 Å². The van der Waals surface area contributed by atoms with E-state index in [0.717, 1.165) is 17.1 Å². The van der Waals surface area contributed by atoms with Crippen molar-refractivity contribution in [3.05, 3.63) is 53.3 Å². The lowest BCUT2D eigenvalue weighted by atomic mass is 10.2. The Morgan fingerprint density at radius 2 is 1.95 bits per heavy atom. The van der Waals surface area contributed by atoms with Crippen LogP contribution in [0.3, 0.4) is 0 Å². The summed E-state index contributed by atoms with van der Waals surface area (Å²) in [5, 5.41) is 11.4. The number of amides is 1. The number of hydrogen-bond acceptors (Lipinski definition) is 2. The second-order valence-corrected chi connectivity index (χ2v) is 4.44. The van der Waals surface area contributed by atoms with Crippen molar-refractivity contribution < 1.29 is 9.90 Å². The van der Waals surface area contributed by atoms with E-state index in [0.29, 0.717) is 5.56 Å². The summed E-state index contributed by atoms with van der Waals surface area (Å²) in [4.78, 5) is 12.0. The Morgan fingerprint density at radius 1 is 1.26 bits per heavy atom. The summed E-state index contributed by atoms with van der Waals surface area (Å²) in [6.45, 7) is 4.12. The molecule has 0 aliphatic rings. The molecule has 1 aromatic heterocycles. The van der Waals surface area contributed by atoms with Gasteiger partial charge >= 0.3 is 0 Å². The maximum atomic E-state index is 12.0. The lowest BCUT2D eigenvalue weighted by Gasteiger charge is -2.09. The Bertz CT molecular complexity index is 573. The molecule has 4 nitrogen and oxygen atoms in total. The minimum Gasteiger partial charge on any atom is -0.395 e. The summed E-state index contributed by atoms with van der Waals surface area (Å²) in [7, 11) is 0. The van der Waals surface area contributed by atoms with Crippen molar-refractivity contribution in [2.45, 2.75) is 13.8 Å². The Labute approximate surface area is 112 Å². The minimum atomic E-state index is -0.149. The van der Waals surface area contributed by atoms with Crippen LogP contribution >= 0.6 is 0 Å². The molecule has 100 valence electrons. The topological polar surface area (TPSA) is 54.3 Å². The smallest absolute Gasteiger partial charge is 0.253 e. The van der Waals surface area contributed by atoms with E-state index in [1.165, 1.54) is 0 Å². The van der Waals surface area contributed by atoms with Crippen molar-refractivity contribution in [1.29, 1.82) is 0 Å². The number of hydrogen-bond donors (Lipinski definition) is 2. The summed E-state index contributed by atoms with van der Waals surface area (Å²) >= 11 is 0. The Morgan fingerprint density at radius 3 is 2.58 bits per heavy atom. The van der Waals surface area contributed by atoms with E-state index in [-0.39, 0.29) is 19.1 Å². The first-order valence-electron chi connectivity index (χ1n) is 6.28. The zero-order valence-electron chi connectivity index (χ0n) is 11.2. The highest BCUT2D eigenvalue weighted by Crippen LogP contribution is 2.20. The molecule has 0 aliphatic carbocycles. The van der Waals surface area contributed by atoms with Gasteiger partial charge in [0.2, 0.25) is 0 Å². The van der Waals surface area contributed by atoms with Crippen molar-refractivity contribution in [3.63, 3.8) is 0 Å². The van der Waals surface area contributed by atoms with Gasteiger partial charge in [-0.1, -0.05) is 18.2 Å². The largest absolute Gasteiger partial charge is 0.395 e. The summed E-state index contributed by atoms with van der Waals surface area (Å²) < 4.78 is 2.05. The fourth-order valence-electron chi connectivity index (χ4n) is 2.23. The first-order chi connectivity index (χ1) is 9.15. The lowest BCUT2D eigenvalue weighted by Crippen LogP contribution is -2.26. The van der Waals surface area contributed by atoms with Crippen molar-refractivity contribution in [2.24, 2.45) is 0 Å². The molecule has 0 bridgehead atoms. The number of benzene rings is 1. The summed E-state index contributed by atoms with van der Waals surface area (Å²) in [6, 6.07) is 11.8. The molecule has 0 saturated heterocycles. The molecular weight excluding hydrogens is 240 g/mol. The van der Waals surface area contributed by atoms with Gasteiger partial charge in [0.1, 0.15) is 0 Å². The van der Waals surface area contributed by atoms with Gasteiger partial charge in [0.25, 0.3) is 5.91 Å². The van der Waals surface area contributed by atoms with E-state index in [4.69, 9.17) is 5.11 Å². The summed E-state index contributed by atoms with van der Waals surface area (Å²) in [6.07, 6.45) is 0. The van der Waals surface area contributed by atoms with E-state index in [2.05, 4.69) is 5.32 Å². The quantitative estimate of drug-likeness (QED) is 0.879. The van der Waals surface area contributed by atoms with Crippen LogP contribution in [0.4, 0.5) is 0 Å². The van der Waals surface area contributed by atoms with Gasteiger partial charge in [0.15, 0.2) is 0 Å². The molecule has 0 radical (unpaired) electrons. The highest BCUT2D eigenvalue weighted by Gasteiger charge is 2.15. The monoisotopic (exact) mass is 258 g/mol. The minimum absolute atomic E-state index is 0.0524. The second kappa shape index (κ2) is 5.71. The number of rotatable bonds is 4. The Balaban J connectivity index is 2.38. The highest BCUT2D eigenvalue weighted by molar-refractivity contribution is 5.95. The first-order valence-corrected chi connectivity index (χ1v) is 6.28. The fraction of sp³-hybridized carbons (Fsp3) is 0.267. The maximum absolute atomic E-state index is 12.0. The molecule has 4 heteroatoms. The number of nitrogens with zero attached hydrogens (tertiary/aromatic N) is 1. The predicted octanol–water partition coefficient (Wildman–Crippen LogP) is 1.82. The second-order valence-electron chi connectivity index (χ2n) is 4.44. The SMILES string of the molecule is Cc1cc(C(=O)NCCO)c(C)n1-c1ccccc1. The Hall–Kier alpha value is -2.07. The van der Waals surface area contributed by atoms with Gasteiger partial charge < -0.3 is 15.0 Å². The van der Waals surface area contributed by atoms with E-state index in [9.17, 15) is 4.79 Å². The van der Waals surface area contributed by atoms with Gasteiger partial charge in [-0.05, 0) is 32.0 Å². The van der Waals surface area contributed by atoms with E-state index >= 15 is 0 Å². The van der Waals surface area contributed by atoms with E-state index < -0.39 is 0 Å². The van der Waals surface area contributed by atoms with Gasteiger partial charge in [-0.15, -0.1) is 0 Å². The van der Waals surface area contributed by atoms with Crippen molar-refractivity contribution in [1.82, 2.24) is 9.88 Å². The van der Waals surface area contributed by atoms with Gasteiger partial charge in [-0.25, -0.2) is 0 Å². The molecule has 2 rings (SSSR count). The van der Waals surface area contributed by atoms with Crippen LogP contribution in [0.5, 0.6) is 0 Å². The number of nitrogens with one attached hydrogen (secondary N) is 1. The molecule has 0 saturated carbocycles. The predicted molar refractivity (Wildman–Crippen MR) is 74.7 cm³/mol. The number of carbonyl (C=O) groups excluding carboxylic acids is 1. The summed E-state index contributed by atoms with van der Waals surface area (Å²) in [5.41, 5.74) is 3.60. The number of aliphatic hydroxyl groups excluding tert-OH is 1. The standard InChI is InChI=1S/C15H18N2O2/c1-11-10-14(15(19)16-8-9-18)12(2)17(11)13-6-4-3-5-7-13/h3-7,10,18H,8-9H2,1-2H3,(H,16,19). The molecule has 0 atom stereocenters. The molecule has 1 heterocycles. The Kier molecular flexibility index (Phi) is 4.02. The molecule has 0 fully saturated rings. The lowest BCUT2D eigenvalue weighted by molar-refractivity contribution is 0.0944. The number of aliphatic hydroxyl groups is 1. The fourth-order valence-corrected chi connectivity index (χ4v) is 2.23. The third-order valence-electron chi connectivity index (χ3n) is 3.09. The number of para-hydroxylation sites is 1. The molecule has 0 aliphatic heterocycles. The van der Waals surface area contributed by atoms with Crippen LogP contribution in [0.1, 0.15) is 21.7 Å². The molecule has 2 N–H and O–H groups in total. The van der Waals surface area contributed by atoms with Crippen LogP contribution in [-0.2, 0) is 0 Å². The van der Waals surface area contributed by atoms with Gasteiger partial charge in [-0.3, -0.25) is 4.79 Å². The number of carbonyl (C=O) groups is 1. The summed E-state index contributed by atoms with van der Waals surface area (Å²) in [5.74, 6) is -0.149. The van der Waals surface area contributed by atoms with Gasteiger partial charge in [0.05, 0.1) is 12.2 Å². The van der Waals surface area contributed by atoms with Crippen LogP contribution in [-0.4, -0.2) is 28.7 Å². The van der Waals surface area contributed by atoms with Crippen LogP contribution in [0.2, 0.25) is 0 Å². The average molecular weight is 258 g/mol. The van der Waals surface area contributed by atoms with E-state index in [1.54, 1.807) is 0 Å². The molecule has 1 amide bonds. The van der Waals surface area contributed by atoms with Crippen LogP contribution in [0.25, 0.3) is 5.69 Å². The molecular formula is C15H18N2O2. The zero-order valence-corrected chi connectivity index (χ0v) is 11.2. The third kappa shape index (κ3) is 2.69. The van der Waals surface area contributed by atoms with Crippen LogP contribution < -0.4 is 5.32 Å². The first kappa shape index (κ1) is 13.4. The van der Waals surface area contributed by atoms with Crippen molar-refractivity contribution in [3.8, 4) is 5.69 Å². The van der Waals surface area contributed by atoms with Gasteiger partial charge in [0, 0.05) is 23.6 Å². The van der Waals surface area contributed by atoms with Crippen LogP contribution in [0.15, 0.2) is 36.4 Å².